The van der Waals surface area contributed by atoms with E-state index in [0.29, 0.717) is 0 Å². The lowest BCUT2D eigenvalue weighted by molar-refractivity contribution is 0.318. The van der Waals surface area contributed by atoms with Crippen LogP contribution in [0.5, 0.6) is 5.75 Å². The normalized spacial score (nSPS) is 10.7. The average molecular weight is 189 g/mol. The number of fused-ring (bicyclic) bond motifs is 1. The van der Waals surface area contributed by atoms with Gasteiger partial charge in [0, 0.05) is 17.3 Å². The van der Waals surface area contributed by atoms with Gasteiger partial charge >= 0.3 is 0 Å². The maximum Gasteiger partial charge on any atom is 0.121 e. The second kappa shape index (κ2) is 3.74. The summed E-state index contributed by atoms with van der Waals surface area (Å²) in [5, 5.41) is 1.24. The smallest absolute Gasteiger partial charge is 0.121 e. The van der Waals surface area contributed by atoms with E-state index in [1.165, 1.54) is 11.1 Å². The van der Waals surface area contributed by atoms with E-state index < -0.39 is 0 Å². The summed E-state index contributed by atoms with van der Waals surface area (Å²) in [4.78, 5) is 3.30. The quantitative estimate of drug-likeness (QED) is 0.787. The van der Waals surface area contributed by atoms with E-state index in [2.05, 4.69) is 37.0 Å². The van der Waals surface area contributed by atoms with Gasteiger partial charge in [-0.05, 0) is 36.9 Å². The second-order valence-corrected chi connectivity index (χ2v) is 3.55. The molecule has 1 aromatic carbocycles. The second-order valence-electron chi connectivity index (χ2n) is 3.55. The molecule has 2 nitrogen and oxygen atoms in total. The molecule has 0 aliphatic rings. The van der Waals surface area contributed by atoms with Crippen LogP contribution in [-0.2, 0) is 0 Å². The van der Waals surface area contributed by atoms with Crippen molar-refractivity contribution in [3.05, 3.63) is 30.0 Å². The van der Waals surface area contributed by atoms with Crippen molar-refractivity contribution in [3.8, 4) is 5.75 Å². The molecule has 0 fully saturated rings. The maximum atomic E-state index is 5.55. The van der Waals surface area contributed by atoms with Crippen LogP contribution in [0, 0.1) is 6.92 Å². The molecule has 1 heterocycles. The first kappa shape index (κ1) is 9.13. The zero-order chi connectivity index (χ0) is 9.97. The number of H-pyrrole nitrogens is 1. The molecule has 0 spiro atoms. The van der Waals surface area contributed by atoms with Gasteiger partial charge in [0.05, 0.1) is 6.61 Å². The lowest BCUT2D eigenvalue weighted by Gasteiger charge is -2.03. The molecule has 0 bridgehead atoms. The number of aromatic nitrogens is 1. The zero-order valence-electron chi connectivity index (χ0n) is 8.63. The third kappa shape index (κ3) is 1.74. The Morgan fingerprint density at radius 3 is 2.93 bits per heavy atom. The van der Waals surface area contributed by atoms with Gasteiger partial charge in [0.25, 0.3) is 0 Å². The van der Waals surface area contributed by atoms with E-state index in [9.17, 15) is 0 Å². The molecule has 0 saturated carbocycles. The van der Waals surface area contributed by atoms with E-state index in [1.807, 2.05) is 6.07 Å². The van der Waals surface area contributed by atoms with Gasteiger partial charge in [0.1, 0.15) is 5.75 Å². The Balaban J connectivity index is 2.31. The van der Waals surface area contributed by atoms with Gasteiger partial charge in [-0.15, -0.1) is 0 Å². The Morgan fingerprint density at radius 1 is 1.29 bits per heavy atom. The molecule has 0 saturated heterocycles. The van der Waals surface area contributed by atoms with Crippen molar-refractivity contribution in [1.29, 1.82) is 0 Å². The number of nitrogens with one attached hydrogen (secondary N) is 1. The van der Waals surface area contributed by atoms with Crippen molar-refractivity contribution in [1.82, 2.24) is 4.98 Å². The van der Waals surface area contributed by atoms with E-state index >= 15 is 0 Å². The molecule has 14 heavy (non-hydrogen) atoms. The number of aromatic amines is 1. The summed E-state index contributed by atoms with van der Waals surface area (Å²) in [5.41, 5.74) is 2.34. The van der Waals surface area contributed by atoms with Crippen LogP contribution in [0.2, 0.25) is 0 Å². The SMILES string of the molecule is CCCOc1ccc2cc(C)[nH]c2c1. The van der Waals surface area contributed by atoms with Gasteiger partial charge in [-0.1, -0.05) is 6.92 Å². The molecule has 0 unspecified atom stereocenters. The van der Waals surface area contributed by atoms with Crippen molar-refractivity contribution < 1.29 is 4.74 Å². The first-order valence-corrected chi connectivity index (χ1v) is 5.02. The number of benzene rings is 1. The molecule has 74 valence electrons. The summed E-state index contributed by atoms with van der Waals surface area (Å²) in [5.74, 6) is 0.946. The van der Waals surface area contributed by atoms with E-state index in [4.69, 9.17) is 4.74 Å². The van der Waals surface area contributed by atoms with Crippen LogP contribution in [0.25, 0.3) is 10.9 Å². The van der Waals surface area contributed by atoms with Gasteiger partial charge in [-0.2, -0.15) is 0 Å². The van der Waals surface area contributed by atoms with Crippen LogP contribution in [0.1, 0.15) is 19.0 Å². The standard InChI is InChI=1S/C12H15NO/c1-3-6-14-11-5-4-10-7-9(2)13-12(10)8-11/h4-5,7-8,13H,3,6H2,1-2H3. The fourth-order valence-corrected chi connectivity index (χ4v) is 1.56. The minimum Gasteiger partial charge on any atom is -0.494 e. The fourth-order valence-electron chi connectivity index (χ4n) is 1.56. The molecule has 1 N–H and O–H groups in total. The summed E-state index contributed by atoms with van der Waals surface area (Å²) in [6, 6.07) is 8.30. The third-order valence-electron chi connectivity index (χ3n) is 2.20. The predicted octanol–water partition coefficient (Wildman–Crippen LogP) is 3.27. The topological polar surface area (TPSA) is 25.0 Å². The van der Waals surface area contributed by atoms with Crippen molar-refractivity contribution in [2.24, 2.45) is 0 Å². The largest absolute Gasteiger partial charge is 0.494 e. The lowest BCUT2D eigenvalue weighted by atomic mass is 10.2. The number of ether oxygens (including phenoxy) is 1. The Hall–Kier alpha value is -1.44. The first-order valence-electron chi connectivity index (χ1n) is 5.02. The number of hydrogen-bond acceptors (Lipinski definition) is 1. The highest BCUT2D eigenvalue weighted by atomic mass is 16.5. The van der Waals surface area contributed by atoms with Crippen molar-refractivity contribution in [3.63, 3.8) is 0 Å². The third-order valence-corrected chi connectivity index (χ3v) is 2.20. The molecule has 0 aliphatic carbocycles. The van der Waals surface area contributed by atoms with E-state index in [-0.39, 0.29) is 0 Å². The molecule has 2 rings (SSSR count). The van der Waals surface area contributed by atoms with Gasteiger partial charge < -0.3 is 9.72 Å². The Kier molecular flexibility index (Phi) is 2.44. The van der Waals surface area contributed by atoms with Gasteiger partial charge in [-0.25, -0.2) is 0 Å². The molecule has 1 aromatic heterocycles. The highest BCUT2D eigenvalue weighted by Gasteiger charge is 1.99. The number of hydrogen-bond donors (Lipinski definition) is 1. The summed E-state index contributed by atoms with van der Waals surface area (Å²) < 4.78 is 5.55. The van der Waals surface area contributed by atoms with Crippen LogP contribution < -0.4 is 4.74 Å². The highest BCUT2D eigenvalue weighted by molar-refractivity contribution is 5.81. The van der Waals surface area contributed by atoms with Crippen LogP contribution in [0.3, 0.4) is 0 Å². The number of rotatable bonds is 3. The minimum atomic E-state index is 0.783. The zero-order valence-corrected chi connectivity index (χ0v) is 8.63. The molecular weight excluding hydrogens is 174 g/mol. The van der Waals surface area contributed by atoms with Crippen LogP contribution in [0.4, 0.5) is 0 Å². The Labute approximate surface area is 83.9 Å². The summed E-state index contributed by atoms with van der Waals surface area (Å²) in [6.45, 7) is 4.95. The van der Waals surface area contributed by atoms with Crippen LogP contribution in [0.15, 0.2) is 24.3 Å². The average Bonchev–Trinajstić information content (AvgIpc) is 2.54. The first-order chi connectivity index (χ1) is 6.79. The Morgan fingerprint density at radius 2 is 2.14 bits per heavy atom. The van der Waals surface area contributed by atoms with Crippen LogP contribution in [-0.4, -0.2) is 11.6 Å². The summed E-state index contributed by atoms with van der Waals surface area (Å²) in [7, 11) is 0. The molecular formula is C12H15NO. The van der Waals surface area contributed by atoms with Crippen molar-refractivity contribution in [2.75, 3.05) is 6.61 Å². The van der Waals surface area contributed by atoms with Gasteiger partial charge in [0.15, 0.2) is 0 Å². The maximum absolute atomic E-state index is 5.55. The monoisotopic (exact) mass is 189 g/mol. The van der Waals surface area contributed by atoms with E-state index in [0.717, 1.165) is 24.3 Å². The van der Waals surface area contributed by atoms with Gasteiger partial charge in [0.2, 0.25) is 0 Å². The lowest BCUT2D eigenvalue weighted by Crippen LogP contribution is -1.94. The minimum absolute atomic E-state index is 0.783. The van der Waals surface area contributed by atoms with E-state index in [1.54, 1.807) is 0 Å². The summed E-state index contributed by atoms with van der Waals surface area (Å²) >= 11 is 0. The molecule has 0 amide bonds. The van der Waals surface area contributed by atoms with Crippen molar-refractivity contribution >= 4 is 10.9 Å². The molecule has 0 atom stereocenters. The molecule has 2 aromatic rings. The molecule has 2 heteroatoms. The summed E-state index contributed by atoms with van der Waals surface area (Å²) in [6.07, 6.45) is 1.04. The van der Waals surface area contributed by atoms with Crippen molar-refractivity contribution in [2.45, 2.75) is 20.3 Å². The number of aryl methyl sites for hydroxylation is 1. The predicted molar refractivity (Wildman–Crippen MR) is 58.8 cm³/mol. The Bertz CT molecular complexity index is 431. The van der Waals surface area contributed by atoms with Crippen LogP contribution >= 0.6 is 0 Å². The highest BCUT2D eigenvalue weighted by Crippen LogP contribution is 2.21. The van der Waals surface area contributed by atoms with Gasteiger partial charge in [-0.3, -0.25) is 0 Å². The molecule has 0 radical (unpaired) electrons. The fraction of sp³-hybridized carbons (Fsp3) is 0.333. The molecule has 0 aliphatic heterocycles.